The molecule has 1 fully saturated rings. The molecule has 0 radical (unpaired) electrons. The van der Waals surface area contributed by atoms with Crippen molar-refractivity contribution in [3.63, 3.8) is 0 Å². The van der Waals surface area contributed by atoms with E-state index in [0.29, 0.717) is 0 Å². The molecule has 0 saturated heterocycles. The number of hydrogen-bond acceptors (Lipinski definition) is 3. The second kappa shape index (κ2) is 4.69. The molecular weight excluding hydrogens is 397 g/mol. The van der Waals surface area contributed by atoms with Crippen LogP contribution in [0.2, 0.25) is 0 Å². The summed E-state index contributed by atoms with van der Waals surface area (Å²) in [6.45, 7) is 0. The van der Waals surface area contributed by atoms with Crippen LogP contribution < -0.4 is 11.2 Å². The maximum Gasteiger partial charge on any atom is 0.266 e. The van der Waals surface area contributed by atoms with Gasteiger partial charge >= 0.3 is 0 Å². The van der Waals surface area contributed by atoms with Crippen LogP contribution in [0.3, 0.4) is 0 Å². The topological polar surface area (TPSA) is 92.4 Å². The first-order valence-electron chi connectivity index (χ1n) is 5.04. The van der Waals surface area contributed by atoms with Crippen LogP contribution in [-0.2, 0) is 9.59 Å². The van der Waals surface area contributed by atoms with Crippen LogP contribution >= 0.6 is 69.6 Å². The van der Waals surface area contributed by atoms with Gasteiger partial charge in [0.05, 0.1) is 16.9 Å². The predicted molar refractivity (Wildman–Crippen MR) is 76.4 cm³/mol. The number of alkyl halides is 4. The number of allylic oxidation sites excluding steroid dienone is 2. The Labute approximate surface area is 143 Å². The van der Waals surface area contributed by atoms with Crippen molar-refractivity contribution in [2.75, 3.05) is 0 Å². The Morgan fingerprint density at radius 1 is 1.20 bits per heavy atom. The van der Waals surface area contributed by atoms with Crippen LogP contribution in [0.1, 0.15) is 0 Å². The summed E-state index contributed by atoms with van der Waals surface area (Å²) in [7, 11) is 0. The molecule has 0 aromatic rings. The summed E-state index contributed by atoms with van der Waals surface area (Å²) in [5.41, 5.74) is 6.58. The monoisotopic (exact) mass is 400 g/mol. The fourth-order valence-corrected chi connectivity index (χ4v) is 6.17. The molecule has 0 spiro atoms. The van der Waals surface area contributed by atoms with E-state index in [1.165, 1.54) is 5.48 Å². The number of halogens is 6. The Kier molecular flexibility index (Phi) is 3.92. The van der Waals surface area contributed by atoms with Gasteiger partial charge < -0.3 is 5.73 Å². The molecule has 2 amide bonds. The second-order valence-corrected chi connectivity index (χ2v) is 7.87. The zero-order chi connectivity index (χ0) is 15.7. The van der Waals surface area contributed by atoms with E-state index in [1.54, 1.807) is 0 Å². The smallest absolute Gasteiger partial charge is 0.266 e. The number of amides is 2. The molecule has 112 valence electrons. The van der Waals surface area contributed by atoms with E-state index in [2.05, 4.69) is 0 Å². The lowest BCUT2D eigenvalue weighted by atomic mass is 9.80. The lowest BCUT2D eigenvalue weighted by molar-refractivity contribution is -0.137. The number of hydrogen-bond donors (Lipinski definition) is 3. The maximum atomic E-state index is 11.9. The summed E-state index contributed by atoms with van der Waals surface area (Å²) < 4.78 is -1.96. The highest BCUT2D eigenvalue weighted by atomic mass is 35.5. The average Bonchev–Trinajstić information content (AvgIpc) is 2.56. The van der Waals surface area contributed by atoms with Gasteiger partial charge in [0.2, 0.25) is 5.91 Å². The van der Waals surface area contributed by atoms with Crippen molar-refractivity contribution in [3.05, 3.63) is 10.1 Å². The van der Waals surface area contributed by atoms with Crippen LogP contribution in [0.25, 0.3) is 0 Å². The Bertz CT molecular complexity index is 552. The number of rotatable bonds is 2. The van der Waals surface area contributed by atoms with Gasteiger partial charge in [0.1, 0.15) is 9.75 Å². The molecule has 5 nitrogen and oxygen atoms in total. The van der Waals surface area contributed by atoms with Gasteiger partial charge in [-0.25, -0.2) is 5.48 Å². The summed E-state index contributed by atoms with van der Waals surface area (Å²) in [6, 6.07) is 0. The quantitative estimate of drug-likeness (QED) is 0.375. The van der Waals surface area contributed by atoms with Gasteiger partial charge in [-0.3, -0.25) is 14.8 Å². The van der Waals surface area contributed by atoms with E-state index in [0.717, 1.165) is 0 Å². The average molecular weight is 403 g/mol. The number of fused-ring (bicyclic) bond motifs is 2. The zero-order valence-electron chi connectivity index (χ0n) is 9.26. The lowest BCUT2D eigenvalue weighted by Gasteiger charge is -2.36. The third-order valence-corrected chi connectivity index (χ3v) is 7.24. The van der Waals surface area contributed by atoms with Gasteiger partial charge in [0.15, 0.2) is 4.33 Å². The summed E-state index contributed by atoms with van der Waals surface area (Å²) >= 11 is 36.8. The molecule has 4 unspecified atom stereocenters. The molecule has 0 aromatic carbocycles. The van der Waals surface area contributed by atoms with Crippen molar-refractivity contribution in [3.8, 4) is 0 Å². The minimum absolute atomic E-state index is 0.164. The third kappa shape index (κ3) is 1.57. The molecule has 2 aliphatic carbocycles. The van der Waals surface area contributed by atoms with Crippen molar-refractivity contribution in [1.82, 2.24) is 5.48 Å². The highest BCUT2D eigenvalue weighted by Gasteiger charge is 2.83. The van der Waals surface area contributed by atoms with Crippen LogP contribution in [0.4, 0.5) is 0 Å². The third-order valence-electron chi connectivity index (χ3n) is 3.60. The molecule has 20 heavy (non-hydrogen) atoms. The lowest BCUT2D eigenvalue weighted by Crippen LogP contribution is -2.57. The van der Waals surface area contributed by atoms with Crippen molar-refractivity contribution in [1.29, 1.82) is 0 Å². The van der Waals surface area contributed by atoms with Crippen molar-refractivity contribution >= 4 is 81.4 Å². The zero-order valence-corrected chi connectivity index (χ0v) is 13.8. The van der Waals surface area contributed by atoms with Crippen molar-refractivity contribution in [2.45, 2.75) is 14.1 Å². The summed E-state index contributed by atoms with van der Waals surface area (Å²) in [5, 5.41) is 8.47. The first-order chi connectivity index (χ1) is 8.98. The summed E-state index contributed by atoms with van der Waals surface area (Å²) in [6.07, 6.45) is 0. The van der Waals surface area contributed by atoms with Gasteiger partial charge in [0.25, 0.3) is 5.91 Å². The molecule has 0 heterocycles. The Hall–Kier alpha value is 0.380. The number of nitrogens with two attached hydrogens (primary N) is 1. The van der Waals surface area contributed by atoms with Crippen LogP contribution in [0.5, 0.6) is 0 Å². The number of carbonyl (C=O) groups excluding carboxylic acids is 2. The molecule has 4 atom stereocenters. The molecule has 2 rings (SSSR count). The molecule has 11 heteroatoms. The molecule has 1 saturated carbocycles. The van der Waals surface area contributed by atoms with Crippen LogP contribution in [0.15, 0.2) is 10.1 Å². The molecular formula is C9H6Cl6N2O3. The maximum absolute atomic E-state index is 11.9. The van der Waals surface area contributed by atoms with E-state index in [4.69, 9.17) is 80.5 Å². The van der Waals surface area contributed by atoms with Crippen molar-refractivity contribution < 1.29 is 14.8 Å². The first-order valence-corrected chi connectivity index (χ1v) is 7.30. The Morgan fingerprint density at radius 3 is 2.10 bits per heavy atom. The fraction of sp³-hybridized carbons (Fsp3) is 0.556. The van der Waals surface area contributed by atoms with Gasteiger partial charge in [0, 0.05) is 5.03 Å². The number of carbonyl (C=O) groups is 2. The van der Waals surface area contributed by atoms with E-state index >= 15 is 0 Å². The first kappa shape index (κ1) is 16.7. The molecule has 4 N–H and O–H groups in total. The van der Waals surface area contributed by atoms with Crippen LogP contribution in [-0.4, -0.2) is 31.1 Å². The van der Waals surface area contributed by atoms with Crippen molar-refractivity contribution in [2.24, 2.45) is 17.6 Å². The molecule has 0 aliphatic heterocycles. The largest absolute Gasteiger partial charge is 0.369 e. The normalized spacial score (nSPS) is 42.0. The molecule has 2 bridgehead atoms. The summed E-state index contributed by atoms with van der Waals surface area (Å²) in [4.78, 5) is 19.5. The molecule has 2 aliphatic rings. The standard InChI is InChI=1S/C9H6Cl6N2O3/c10-1-2-7(12,6(19)17-20)3(5(16)18)8(13,4(1)11)9(2,14)15/h2-3,20H,(H2,16,18)(H,17,19). The number of nitrogens with one attached hydrogen (secondary N) is 1. The van der Waals surface area contributed by atoms with E-state index in [1.807, 2.05) is 0 Å². The summed E-state index contributed by atoms with van der Waals surface area (Å²) in [5.74, 6) is -5.13. The number of hydroxylamine groups is 1. The van der Waals surface area contributed by atoms with E-state index < -0.39 is 37.7 Å². The SMILES string of the molecule is NC(=O)C1C(Cl)(C(=O)NO)C2C(Cl)=C(Cl)C1(Cl)C2(Cl)Cl. The van der Waals surface area contributed by atoms with E-state index in [-0.39, 0.29) is 10.1 Å². The van der Waals surface area contributed by atoms with Gasteiger partial charge in [-0.1, -0.05) is 46.4 Å². The fourth-order valence-electron chi connectivity index (χ4n) is 2.79. The highest BCUT2D eigenvalue weighted by Crippen LogP contribution is 2.74. The molecule has 0 aromatic heterocycles. The van der Waals surface area contributed by atoms with Gasteiger partial charge in [-0.05, 0) is 0 Å². The number of primary amides is 1. The minimum Gasteiger partial charge on any atom is -0.369 e. The highest BCUT2D eigenvalue weighted by molar-refractivity contribution is 6.62. The second-order valence-electron chi connectivity index (χ2n) is 4.47. The van der Waals surface area contributed by atoms with Gasteiger partial charge in [-0.15, -0.1) is 23.2 Å². The van der Waals surface area contributed by atoms with Gasteiger partial charge in [-0.2, -0.15) is 0 Å². The minimum atomic E-state index is -2.17. The Balaban J connectivity index is 2.81. The Morgan fingerprint density at radius 2 is 1.70 bits per heavy atom. The van der Waals surface area contributed by atoms with Crippen LogP contribution in [0, 0.1) is 11.8 Å². The van der Waals surface area contributed by atoms with E-state index in [9.17, 15) is 9.59 Å². The predicted octanol–water partition coefficient (Wildman–Crippen LogP) is 2.05.